The number of aliphatic hydroxyl groups is 1. The van der Waals surface area contributed by atoms with Crippen LogP contribution in [0.15, 0.2) is 30.3 Å². The van der Waals surface area contributed by atoms with E-state index < -0.39 is 0 Å². The molecule has 2 aromatic heterocycles. The molecule has 35 heavy (non-hydrogen) atoms. The van der Waals surface area contributed by atoms with E-state index in [4.69, 9.17) is 9.84 Å². The zero-order chi connectivity index (χ0) is 24.6. The first-order valence-corrected chi connectivity index (χ1v) is 12.0. The lowest BCUT2D eigenvalue weighted by Crippen LogP contribution is -2.31. The molecule has 1 saturated carbocycles. The van der Waals surface area contributed by atoms with Gasteiger partial charge in [0.2, 0.25) is 5.82 Å². The van der Waals surface area contributed by atoms with Crippen molar-refractivity contribution >= 4 is 5.91 Å². The van der Waals surface area contributed by atoms with Gasteiger partial charge in [-0.15, -0.1) is 10.2 Å². The maximum absolute atomic E-state index is 12.8. The number of hydrogen-bond donors (Lipinski definition) is 3. The van der Waals surface area contributed by atoms with Gasteiger partial charge in [-0.3, -0.25) is 4.79 Å². The Balaban J connectivity index is 1.38. The van der Waals surface area contributed by atoms with Gasteiger partial charge in [0.1, 0.15) is 29.6 Å². The van der Waals surface area contributed by atoms with Crippen LogP contribution in [0.2, 0.25) is 0 Å². The molecule has 1 aromatic carbocycles. The van der Waals surface area contributed by atoms with Gasteiger partial charge in [-0.25, -0.2) is 9.97 Å². The van der Waals surface area contributed by atoms with Gasteiger partial charge in [-0.05, 0) is 74.5 Å². The Morgan fingerprint density at radius 2 is 2.03 bits per heavy atom. The Labute approximate surface area is 204 Å². The zero-order valence-electron chi connectivity index (χ0n) is 20.1. The lowest BCUT2D eigenvalue weighted by Gasteiger charge is -2.27. The monoisotopic (exact) mass is 480 g/mol. The molecule has 4 rings (SSSR count). The zero-order valence-corrected chi connectivity index (χ0v) is 20.1. The number of aromatic nitrogens is 6. The quantitative estimate of drug-likeness (QED) is 0.394. The van der Waals surface area contributed by atoms with Gasteiger partial charge in [-0.1, -0.05) is 12.1 Å². The van der Waals surface area contributed by atoms with E-state index in [9.17, 15) is 4.79 Å². The number of aliphatic hydroxyl groups excluding tert-OH is 1. The normalized spacial score (nSPS) is 17.8. The molecule has 0 saturated heterocycles. The number of benzene rings is 1. The SMILES string of the molecule is CNC1CCC(Cn2nnc(-c3cc(C(=O)NCc4cccc(OCCO)c4)nc(C)n3)n2)CC1. The Kier molecular flexibility index (Phi) is 8.32. The molecule has 0 bridgehead atoms. The number of nitrogens with one attached hydrogen (secondary N) is 2. The van der Waals surface area contributed by atoms with E-state index in [1.54, 1.807) is 23.9 Å². The molecule has 1 aliphatic carbocycles. The first-order chi connectivity index (χ1) is 17.0. The van der Waals surface area contributed by atoms with E-state index >= 15 is 0 Å². The Bertz CT molecular complexity index is 1130. The van der Waals surface area contributed by atoms with Crippen molar-refractivity contribution in [3.05, 3.63) is 47.4 Å². The summed E-state index contributed by atoms with van der Waals surface area (Å²) in [5.41, 5.74) is 1.57. The van der Waals surface area contributed by atoms with Crippen molar-refractivity contribution in [1.82, 2.24) is 40.8 Å². The summed E-state index contributed by atoms with van der Waals surface area (Å²) in [5, 5.41) is 28.0. The number of carbonyl (C=O) groups excluding carboxylic acids is 1. The van der Waals surface area contributed by atoms with Crippen LogP contribution in [0.5, 0.6) is 5.75 Å². The highest BCUT2D eigenvalue weighted by atomic mass is 16.5. The van der Waals surface area contributed by atoms with Crippen molar-refractivity contribution in [3.8, 4) is 17.3 Å². The molecule has 0 radical (unpaired) electrons. The van der Waals surface area contributed by atoms with Crippen molar-refractivity contribution in [2.75, 3.05) is 20.3 Å². The summed E-state index contributed by atoms with van der Waals surface area (Å²) < 4.78 is 5.42. The predicted octanol–water partition coefficient (Wildman–Crippen LogP) is 1.52. The van der Waals surface area contributed by atoms with E-state index in [1.165, 1.54) is 0 Å². The van der Waals surface area contributed by atoms with Crippen LogP contribution in [0.25, 0.3) is 11.5 Å². The summed E-state index contributed by atoms with van der Waals surface area (Å²) in [7, 11) is 2.02. The summed E-state index contributed by atoms with van der Waals surface area (Å²) >= 11 is 0. The van der Waals surface area contributed by atoms with Crippen LogP contribution in [-0.4, -0.2) is 67.5 Å². The number of hydrogen-bond acceptors (Lipinski definition) is 9. The molecule has 186 valence electrons. The highest BCUT2D eigenvalue weighted by Gasteiger charge is 2.22. The maximum atomic E-state index is 12.8. The third-order valence-corrected chi connectivity index (χ3v) is 6.14. The van der Waals surface area contributed by atoms with Crippen LogP contribution in [0, 0.1) is 12.8 Å². The Morgan fingerprint density at radius 1 is 1.20 bits per heavy atom. The number of aryl methyl sites for hydroxylation is 1. The maximum Gasteiger partial charge on any atom is 0.270 e. The summed E-state index contributed by atoms with van der Waals surface area (Å²) in [6.45, 7) is 2.91. The fourth-order valence-corrected chi connectivity index (χ4v) is 4.27. The molecule has 1 fully saturated rings. The summed E-state index contributed by atoms with van der Waals surface area (Å²) in [4.78, 5) is 23.1. The first kappa shape index (κ1) is 24.7. The topological polar surface area (TPSA) is 140 Å². The molecule has 0 spiro atoms. The van der Waals surface area contributed by atoms with Crippen LogP contribution in [0.1, 0.15) is 47.6 Å². The second kappa shape index (κ2) is 11.8. The second-order valence-corrected chi connectivity index (χ2v) is 8.76. The molecule has 0 unspecified atom stereocenters. The fraction of sp³-hybridized carbons (Fsp3) is 0.500. The molecule has 11 heteroatoms. The lowest BCUT2D eigenvalue weighted by atomic mass is 9.86. The Hall–Kier alpha value is -3.44. The number of rotatable bonds is 10. The summed E-state index contributed by atoms with van der Waals surface area (Å²) in [5.74, 6) is 1.67. The van der Waals surface area contributed by atoms with Gasteiger partial charge in [0, 0.05) is 12.6 Å². The van der Waals surface area contributed by atoms with Gasteiger partial charge < -0.3 is 20.5 Å². The predicted molar refractivity (Wildman–Crippen MR) is 129 cm³/mol. The number of ether oxygens (including phenoxy) is 1. The van der Waals surface area contributed by atoms with Crippen LogP contribution < -0.4 is 15.4 Å². The lowest BCUT2D eigenvalue weighted by molar-refractivity contribution is 0.0945. The molecule has 1 aliphatic rings. The van der Waals surface area contributed by atoms with Crippen LogP contribution in [0.3, 0.4) is 0 Å². The smallest absolute Gasteiger partial charge is 0.270 e. The molecule has 2 heterocycles. The molecular weight excluding hydrogens is 448 g/mol. The summed E-state index contributed by atoms with van der Waals surface area (Å²) in [6.07, 6.45) is 4.59. The van der Waals surface area contributed by atoms with Crippen molar-refractivity contribution in [2.24, 2.45) is 5.92 Å². The third kappa shape index (κ3) is 6.80. The number of amides is 1. The molecule has 3 aromatic rings. The third-order valence-electron chi connectivity index (χ3n) is 6.14. The largest absolute Gasteiger partial charge is 0.491 e. The van der Waals surface area contributed by atoms with E-state index in [2.05, 4.69) is 36.0 Å². The van der Waals surface area contributed by atoms with Gasteiger partial charge in [-0.2, -0.15) is 4.80 Å². The van der Waals surface area contributed by atoms with Crippen LogP contribution in [0.4, 0.5) is 0 Å². The van der Waals surface area contributed by atoms with E-state index in [0.717, 1.165) is 37.8 Å². The summed E-state index contributed by atoms with van der Waals surface area (Å²) in [6, 6.07) is 9.53. The standard InChI is InChI=1S/C24H32N8O3/c1-16-27-21(23-29-31-32(30-23)15-17-6-8-19(25-2)9-7-17)13-22(28-16)24(34)26-14-18-4-3-5-20(12-18)35-11-10-33/h3-5,12-13,17,19,25,33H,6-11,14-15H2,1-2H3,(H,26,34). The molecule has 0 aliphatic heterocycles. The minimum absolute atomic E-state index is 0.0589. The van der Waals surface area contributed by atoms with Gasteiger partial charge in [0.05, 0.1) is 13.2 Å². The number of carbonyl (C=O) groups is 1. The average molecular weight is 481 g/mol. The van der Waals surface area contributed by atoms with Crippen molar-refractivity contribution in [2.45, 2.75) is 51.7 Å². The number of nitrogens with zero attached hydrogens (tertiary/aromatic N) is 6. The highest BCUT2D eigenvalue weighted by molar-refractivity contribution is 5.93. The highest BCUT2D eigenvalue weighted by Crippen LogP contribution is 2.25. The average Bonchev–Trinajstić information content (AvgIpc) is 3.35. The number of tetrazole rings is 1. The fourth-order valence-electron chi connectivity index (χ4n) is 4.27. The minimum Gasteiger partial charge on any atom is -0.491 e. The van der Waals surface area contributed by atoms with Crippen molar-refractivity contribution < 1.29 is 14.6 Å². The molecule has 3 N–H and O–H groups in total. The van der Waals surface area contributed by atoms with Gasteiger partial charge >= 0.3 is 0 Å². The second-order valence-electron chi connectivity index (χ2n) is 8.76. The Morgan fingerprint density at radius 3 is 2.80 bits per heavy atom. The van der Waals surface area contributed by atoms with Gasteiger partial charge in [0.25, 0.3) is 5.91 Å². The van der Waals surface area contributed by atoms with Crippen LogP contribution in [-0.2, 0) is 13.1 Å². The molecule has 1 amide bonds. The van der Waals surface area contributed by atoms with E-state index in [1.807, 2.05) is 25.2 Å². The molecule has 0 atom stereocenters. The van der Waals surface area contributed by atoms with Gasteiger partial charge in [0.15, 0.2) is 0 Å². The van der Waals surface area contributed by atoms with Crippen molar-refractivity contribution in [3.63, 3.8) is 0 Å². The first-order valence-electron chi connectivity index (χ1n) is 12.0. The van der Waals surface area contributed by atoms with Crippen LogP contribution >= 0.6 is 0 Å². The molecular formula is C24H32N8O3. The minimum atomic E-state index is -0.327. The van der Waals surface area contributed by atoms with E-state index in [-0.39, 0.29) is 24.8 Å². The van der Waals surface area contributed by atoms with E-state index in [0.29, 0.717) is 41.6 Å². The van der Waals surface area contributed by atoms with Crippen molar-refractivity contribution in [1.29, 1.82) is 0 Å². The molecule has 11 nitrogen and oxygen atoms in total.